The largest absolute Gasteiger partial charge is 0.309 e. The van der Waals surface area contributed by atoms with Gasteiger partial charge in [0, 0.05) is 34.7 Å². The van der Waals surface area contributed by atoms with Gasteiger partial charge >= 0.3 is 0 Å². The Balaban J connectivity index is 1.72. The van der Waals surface area contributed by atoms with E-state index < -0.39 is 0 Å². The monoisotopic (exact) mass is 328 g/mol. The number of aromatic nitrogens is 1. The molecule has 20 heavy (non-hydrogen) atoms. The van der Waals surface area contributed by atoms with Crippen LogP contribution in [0.4, 0.5) is 0 Å². The molecular formula is C15H24N2S3. The molecule has 0 amide bonds. The zero-order valence-corrected chi connectivity index (χ0v) is 14.8. The molecule has 2 aliphatic rings. The Morgan fingerprint density at radius 3 is 2.80 bits per heavy atom. The van der Waals surface area contributed by atoms with Gasteiger partial charge in [-0.25, -0.2) is 4.98 Å². The molecule has 1 N–H and O–H groups in total. The summed E-state index contributed by atoms with van der Waals surface area (Å²) < 4.78 is 0. The fourth-order valence-corrected chi connectivity index (χ4v) is 6.41. The van der Waals surface area contributed by atoms with Crippen LogP contribution in [-0.4, -0.2) is 28.3 Å². The van der Waals surface area contributed by atoms with Crippen LogP contribution < -0.4 is 5.32 Å². The Labute approximate surface area is 134 Å². The van der Waals surface area contributed by atoms with E-state index in [0.29, 0.717) is 11.2 Å². The van der Waals surface area contributed by atoms with Crippen molar-refractivity contribution in [2.24, 2.45) is 5.92 Å². The highest BCUT2D eigenvalue weighted by Crippen LogP contribution is 2.39. The van der Waals surface area contributed by atoms with E-state index in [2.05, 4.69) is 42.7 Å². The average Bonchev–Trinajstić information content (AvgIpc) is 3.19. The predicted octanol–water partition coefficient (Wildman–Crippen LogP) is 4.11. The zero-order chi connectivity index (χ0) is 13.9. The fraction of sp³-hybridized carbons (Fsp3) is 0.800. The van der Waals surface area contributed by atoms with Crippen LogP contribution >= 0.6 is 34.9 Å². The molecule has 1 aliphatic heterocycles. The van der Waals surface area contributed by atoms with E-state index >= 15 is 0 Å². The van der Waals surface area contributed by atoms with Gasteiger partial charge in [0.25, 0.3) is 0 Å². The normalized spacial score (nSPS) is 23.4. The van der Waals surface area contributed by atoms with Crippen LogP contribution in [0.15, 0.2) is 0 Å². The Morgan fingerprint density at radius 1 is 1.30 bits per heavy atom. The summed E-state index contributed by atoms with van der Waals surface area (Å²) in [6.45, 7) is 5.62. The third-order valence-electron chi connectivity index (χ3n) is 3.62. The minimum Gasteiger partial charge on any atom is -0.309 e. The van der Waals surface area contributed by atoms with E-state index in [1.54, 1.807) is 0 Å². The van der Waals surface area contributed by atoms with Gasteiger partial charge in [-0.3, -0.25) is 0 Å². The van der Waals surface area contributed by atoms with Gasteiger partial charge in [-0.05, 0) is 25.2 Å². The molecule has 0 radical (unpaired) electrons. The lowest BCUT2D eigenvalue weighted by molar-refractivity contribution is 0.622. The first kappa shape index (κ1) is 15.2. The molecule has 3 rings (SSSR count). The summed E-state index contributed by atoms with van der Waals surface area (Å²) in [5.41, 5.74) is 1.37. The SMILES string of the molecule is CC(C)Cc1nc(C2CSCCS2)sc1CNC1CC1. The first-order chi connectivity index (χ1) is 9.72. The lowest BCUT2D eigenvalue weighted by Crippen LogP contribution is -2.15. The highest BCUT2D eigenvalue weighted by Gasteiger charge is 2.24. The quantitative estimate of drug-likeness (QED) is 0.849. The summed E-state index contributed by atoms with van der Waals surface area (Å²) in [7, 11) is 0. The van der Waals surface area contributed by atoms with E-state index in [4.69, 9.17) is 4.98 Å². The minimum absolute atomic E-state index is 0.638. The highest BCUT2D eigenvalue weighted by atomic mass is 32.2. The number of thioether (sulfide) groups is 2. The van der Waals surface area contributed by atoms with Crippen molar-refractivity contribution in [3.63, 3.8) is 0 Å². The topological polar surface area (TPSA) is 24.9 Å². The molecule has 1 aromatic heterocycles. The number of hydrogen-bond donors (Lipinski definition) is 1. The van der Waals surface area contributed by atoms with Crippen LogP contribution in [0.5, 0.6) is 0 Å². The van der Waals surface area contributed by atoms with Crippen LogP contribution in [0.3, 0.4) is 0 Å². The maximum atomic E-state index is 5.02. The second-order valence-electron chi connectivity index (χ2n) is 6.11. The lowest BCUT2D eigenvalue weighted by atomic mass is 10.1. The van der Waals surface area contributed by atoms with Gasteiger partial charge in [-0.15, -0.1) is 23.1 Å². The van der Waals surface area contributed by atoms with Crippen molar-refractivity contribution < 1.29 is 0 Å². The molecule has 1 atom stereocenters. The average molecular weight is 329 g/mol. The lowest BCUT2D eigenvalue weighted by Gasteiger charge is -2.18. The Morgan fingerprint density at radius 2 is 2.15 bits per heavy atom. The van der Waals surface area contributed by atoms with Crippen molar-refractivity contribution >= 4 is 34.9 Å². The van der Waals surface area contributed by atoms with Gasteiger partial charge in [0.15, 0.2) is 0 Å². The van der Waals surface area contributed by atoms with E-state index in [1.807, 2.05) is 11.3 Å². The van der Waals surface area contributed by atoms with E-state index in [1.165, 1.54) is 45.7 Å². The second-order valence-corrected chi connectivity index (χ2v) is 9.69. The molecule has 112 valence electrons. The Hall–Kier alpha value is 0.290. The predicted molar refractivity (Wildman–Crippen MR) is 93.0 cm³/mol. The fourth-order valence-electron chi connectivity index (χ4n) is 2.38. The number of rotatable bonds is 6. The van der Waals surface area contributed by atoms with E-state index in [-0.39, 0.29) is 0 Å². The van der Waals surface area contributed by atoms with Crippen LogP contribution in [0.1, 0.15) is 47.5 Å². The molecule has 1 aromatic rings. The first-order valence-electron chi connectivity index (χ1n) is 7.63. The first-order valence-corrected chi connectivity index (χ1v) is 10.7. The summed E-state index contributed by atoms with van der Waals surface area (Å²) in [6.07, 6.45) is 3.85. The summed E-state index contributed by atoms with van der Waals surface area (Å²) in [6, 6.07) is 0.784. The molecule has 1 unspecified atom stereocenters. The summed E-state index contributed by atoms with van der Waals surface area (Å²) in [5, 5.41) is 5.68. The Bertz CT molecular complexity index is 434. The molecule has 1 saturated carbocycles. The van der Waals surface area contributed by atoms with Crippen LogP contribution in [0.25, 0.3) is 0 Å². The van der Waals surface area contributed by atoms with E-state index in [9.17, 15) is 0 Å². The maximum absolute atomic E-state index is 5.02. The van der Waals surface area contributed by atoms with Gasteiger partial charge in [0.1, 0.15) is 5.01 Å². The van der Waals surface area contributed by atoms with Crippen LogP contribution in [0, 0.1) is 5.92 Å². The van der Waals surface area contributed by atoms with Crippen molar-refractivity contribution in [1.82, 2.24) is 10.3 Å². The summed E-state index contributed by atoms with van der Waals surface area (Å²) in [4.78, 5) is 6.51. The van der Waals surface area contributed by atoms with Crippen molar-refractivity contribution in [2.75, 3.05) is 17.3 Å². The number of hydrogen-bond acceptors (Lipinski definition) is 5. The molecule has 0 spiro atoms. The smallest absolute Gasteiger partial charge is 0.107 e. The number of thiazole rings is 1. The summed E-state index contributed by atoms with van der Waals surface area (Å²) in [5.74, 6) is 4.53. The maximum Gasteiger partial charge on any atom is 0.107 e. The molecule has 2 fully saturated rings. The summed E-state index contributed by atoms with van der Waals surface area (Å²) >= 11 is 6.16. The molecule has 2 nitrogen and oxygen atoms in total. The molecular weight excluding hydrogens is 304 g/mol. The number of nitrogens with one attached hydrogen (secondary N) is 1. The third-order valence-corrected chi connectivity index (χ3v) is 7.74. The molecule has 2 heterocycles. The second kappa shape index (κ2) is 7.03. The zero-order valence-electron chi connectivity index (χ0n) is 12.4. The van der Waals surface area contributed by atoms with Crippen molar-refractivity contribution in [3.05, 3.63) is 15.6 Å². The van der Waals surface area contributed by atoms with Crippen molar-refractivity contribution in [3.8, 4) is 0 Å². The molecule has 0 bridgehead atoms. The van der Waals surface area contributed by atoms with Gasteiger partial charge < -0.3 is 5.32 Å². The molecule has 1 aliphatic carbocycles. The minimum atomic E-state index is 0.638. The third kappa shape index (κ3) is 4.15. The molecule has 1 saturated heterocycles. The van der Waals surface area contributed by atoms with Crippen LogP contribution in [-0.2, 0) is 13.0 Å². The number of nitrogens with zero attached hydrogens (tertiary/aromatic N) is 1. The van der Waals surface area contributed by atoms with Gasteiger partial charge in [-0.1, -0.05) is 13.8 Å². The van der Waals surface area contributed by atoms with E-state index in [0.717, 1.165) is 19.0 Å². The standard InChI is InChI=1S/C15H24N2S3/c1-10(2)7-12-13(8-16-11-3-4-11)20-15(17-12)14-9-18-5-6-19-14/h10-11,14,16H,3-9H2,1-2H3. The molecule has 5 heteroatoms. The van der Waals surface area contributed by atoms with Gasteiger partial charge in [0.2, 0.25) is 0 Å². The van der Waals surface area contributed by atoms with Crippen molar-refractivity contribution in [1.29, 1.82) is 0 Å². The highest BCUT2D eigenvalue weighted by molar-refractivity contribution is 8.06. The molecule has 0 aromatic carbocycles. The van der Waals surface area contributed by atoms with Crippen molar-refractivity contribution in [2.45, 2.75) is 50.9 Å². The Kier molecular flexibility index (Phi) is 5.34. The van der Waals surface area contributed by atoms with Gasteiger partial charge in [0.05, 0.1) is 10.9 Å². The van der Waals surface area contributed by atoms with Gasteiger partial charge in [-0.2, -0.15) is 11.8 Å². The van der Waals surface area contributed by atoms with Crippen LogP contribution in [0.2, 0.25) is 0 Å².